The molecule has 2 amide bonds. The van der Waals surface area contributed by atoms with E-state index in [0.717, 1.165) is 11.4 Å². The molecule has 0 unspecified atom stereocenters. The molecule has 0 aliphatic heterocycles. The van der Waals surface area contributed by atoms with E-state index in [0.29, 0.717) is 16.6 Å². The summed E-state index contributed by atoms with van der Waals surface area (Å²) in [5.41, 5.74) is 6.59. The molecule has 0 bridgehead atoms. The molecule has 3 aromatic rings. The van der Waals surface area contributed by atoms with E-state index in [1.807, 2.05) is 19.9 Å². The highest BCUT2D eigenvalue weighted by molar-refractivity contribution is 6.33. The Hall–Kier alpha value is -3.00. The van der Waals surface area contributed by atoms with E-state index in [9.17, 15) is 9.59 Å². The summed E-state index contributed by atoms with van der Waals surface area (Å²) in [6.07, 6.45) is -0.0926. The lowest BCUT2D eigenvalue weighted by Gasteiger charge is -2.07. The molecule has 0 atom stereocenters. The molecule has 0 saturated carbocycles. The number of halogens is 1. The van der Waals surface area contributed by atoms with Crippen LogP contribution in [0.5, 0.6) is 0 Å². The smallest absolute Gasteiger partial charge is 0.271 e. The monoisotopic (exact) mass is 358 g/mol. The van der Waals surface area contributed by atoms with Crippen molar-refractivity contribution >= 4 is 29.2 Å². The van der Waals surface area contributed by atoms with Gasteiger partial charge in [-0.15, -0.1) is 5.10 Å². The van der Waals surface area contributed by atoms with Crippen LogP contribution in [0.3, 0.4) is 0 Å². The van der Waals surface area contributed by atoms with Gasteiger partial charge in [0.1, 0.15) is 0 Å². The van der Waals surface area contributed by atoms with Gasteiger partial charge >= 0.3 is 0 Å². The van der Waals surface area contributed by atoms with E-state index in [1.54, 1.807) is 28.8 Å². The van der Waals surface area contributed by atoms with E-state index >= 15 is 0 Å². The number of nitrogens with zero attached hydrogens (tertiary/aromatic N) is 4. The zero-order valence-corrected chi connectivity index (χ0v) is 14.3. The summed E-state index contributed by atoms with van der Waals surface area (Å²) in [6.45, 7) is 3.74. The normalized spacial score (nSPS) is 10.7. The number of fused-ring (bicyclic) bond motifs is 1. The quantitative estimate of drug-likeness (QED) is 0.689. The van der Waals surface area contributed by atoms with Gasteiger partial charge in [-0.3, -0.25) is 20.4 Å². The molecule has 2 N–H and O–H groups in total. The van der Waals surface area contributed by atoms with Crippen molar-refractivity contribution < 1.29 is 9.59 Å². The van der Waals surface area contributed by atoms with E-state index in [4.69, 9.17) is 11.6 Å². The average molecular weight is 359 g/mol. The van der Waals surface area contributed by atoms with Gasteiger partial charge in [-0.1, -0.05) is 23.7 Å². The molecule has 3 rings (SSSR count). The molecule has 9 heteroatoms. The lowest BCUT2D eigenvalue weighted by Crippen LogP contribution is -2.42. The maximum Gasteiger partial charge on any atom is 0.271 e. The van der Waals surface area contributed by atoms with Crippen LogP contribution in [0.2, 0.25) is 5.02 Å². The molecular formula is C16H15ClN6O2. The predicted octanol–water partition coefficient (Wildman–Crippen LogP) is 1.40. The molecule has 8 nitrogen and oxygen atoms in total. The van der Waals surface area contributed by atoms with E-state index in [-0.39, 0.29) is 12.0 Å². The fraction of sp³-hybridized carbons (Fsp3) is 0.188. The Balaban J connectivity index is 1.64. The van der Waals surface area contributed by atoms with E-state index < -0.39 is 11.8 Å². The maximum absolute atomic E-state index is 12.0. The summed E-state index contributed by atoms with van der Waals surface area (Å²) in [6, 6.07) is 8.42. The number of hydrogen-bond donors (Lipinski definition) is 2. The molecule has 2 aromatic heterocycles. The maximum atomic E-state index is 12.0. The zero-order chi connectivity index (χ0) is 18.0. The number of amides is 2. The highest BCUT2D eigenvalue weighted by Gasteiger charge is 2.14. The van der Waals surface area contributed by atoms with Gasteiger partial charge in [-0.2, -0.15) is 4.98 Å². The number of benzene rings is 1. The number of hydrogen-bond acceptors (Lipinski definition) is 5. The van der Waals surface area contributed by atoms with Gasteiger partial charge in [0.05, 0.1) is 17.0 Å². The minimum Gasteiger partial charge on any atom is -0.273 e. The lowest BCUT2D eigenvalue weighted by atomic mass is 10.2. The van der Waals surface area contributed by atoms with Gasteiger partial charge in [0, 0.05) is 11.4 Å². The minimum atomic E-state index is -0.505. The highest BCUT2D eigenvalue weighted by Crippen LogP contribution is 2.14. The van der Waals surface area contributed by atoms with Gasteiger partial charge in [0.15, 0.2) is 5.82 Å². The number of aromatic nitrogens is 4. The Morgan fingerprint density at radius 1 is 1.16 bits per heavy atom. The molecule has 0 saturated heterocycles. The zero-order valence-electron chi connectivity index (χ0n) is 13.6. The number of carbonyl (C=O) groups is 2. The van der Waals surface area contributed by atoms with E-state index in [2.05, 4.69) is 25.9 Å². The predicted molar refractivity (Wildman–Crippen MR) is 91.0 cm³/mol. The second-order valence-corrected chi connectivity index (χ2v) is 5.84. The van der Waals surface area contributed by atoms with Crippen molar-refractivity contribution in [3.63, 3.8) is 0 Å². The molecule has 128 valence electrons. The van der Waals surface area contributed by atoms with Crippen LogP contribution >= 0.6 is 11.6 Å². The molecule has 0 aliphatic rings. The Morgan fingerprint density at radius 2 is 1.92 bits per heavy atom. The van der Waals surface area contributed by atoms with Crippen molar-refractivity contribution in [2.75, 3.05) is 0 Å². The van der Waals surface area contributed by atoms with Crippen LogP contribution in [-0.2, 0) is 11.2 Å². The van der Waals surface area contributed by atoms with Crippen molar-refractivity contribution in [2.45, 2.75) is 20.3 Å². The van der Waals surface area contributed by atoms with Crippen molar-refractivity contribution in [3.05, 3.63) is 58.1 Å². The summed E-state index contributed by atoms with van der Waals surface area (Å²) in [4.78, 5) is 32.5. The number of hydrazine groups is 1. The van der Waals surface area contributed by atoms with Crippen LogP contribution < -0.4 is 10.9 Å². The minimum absolute atomic E-state index is 0.0926. The number of nitrogens with one attached hydrogen (secondary N) is 2. The summed E-state index contributed by atoms with van der Waals surface area (Å²) in [5.74, 6) is -0.216. The summed E-state index contributed by atoms with van der Waals surface area (Å²) in [7, 11) is 0. The van der Waals surface area contributed by atoms with Crippen molar-refractivity contribution in [3.8, 4) is 0 Å². The fourth-order valence-corrected chi connectivity index (χ4v) is 2.53. The molecule has 0 spiro atoms. The largest absolute Gasteiger partial charge is 0.273 e. The SMILES string of the molecule is Cc1cc(C)n2nc(CC(=O)NNC(=O)c3ccccc3Cl)nc2n1. The van der Waals surface area contributed by atoms with Crippen LogP contribution in [0.25, 0.3) is 5.78 Å². The molecule has 2 heterocycles. The average Bonchev–Trinajstić information content (AvgIpc) is 2.95. The highest BCUT2D eigenvalue weighted by atomic mass is 35.5. The first-order valence-corrected chi connectivity index (χ1v) is 7.85. The third kappa shape index (κ3) is 3.74. The standard InChI is InChI=1S/C16H15ClN6O2/c1-9-7-10(2)23-16(18-9)19-13(22-23)8-14(24)20-21-15(25)11-5-3-4-6-12(11)17/h3-7H,8H2,1-2H3,(H,20,24)(H,21,25). The Labute approximate surface area is 148 Å². The van der Waals surface area contributed by atoms with Crippen molar-refractivity contribution in [1.29, 1.82) is 0 Å². The van der Waals surface area contributed by atoms with Crippen molar-refractivity contribution in [1.82, 2.24) is 30.4 Å². The number of rotatable bonds is 3. The van der Waals surface area contributed by atoms with E-state index in [1.165, 1.54) is 0 Å². The molecule has 0 radical (unpaired) electrons. The molecular weight excluding hydrogens is 344 g/mol. The third-order valence-corrected chi connectivity index (χ3v) is 3.74. The van der Waals surface area contributed by atoms with Gasteiger partial charge in [-0.05, 0) is 32.0 Å². The number of carbonyl (C=O) groups excluding carboxylic acids is 2. The number of aryl methyl sites for hydroxylation is 2. The molecule has 25 heavy (non-hydrogen) atoms. The Kier molecular flexibility index (Phi) is 4.62. The van der Waals surface area contributed by atoms with Crippen molar-refractivity contribution in [2.24, 2.45) is 0 Å². The summed E-state index contributed by atoms with van der Waals surface area (Å²) in [5, 5.41) is 4.54. The third-order valence-electron chi connectivity index (χ3n) is 3.41. The summed E-state index contributed by atoms with van der Waals surface area (Å²) < 4.78 is 1.57. The van der Waals surface area contributed by atoms with Crippen LogP contribution in [0.15, 0.2) is 30.3 Å². The first-order valence-electron chi connectivity index (χ1n) is 7.47. The van der Waals surface area contributed by atoms with Crippen LogP contribution in [-0.4, -0.2) is 31.4 Å². The molecule has 0 fully saturated rings. The van der Waals surface area contributed by atoms with Gasteiger partial charge in [0.2, 0.25) is 5.91 Å². The topological polar surface area (TPSA) is 101 Å². The fourth-order valence-electron chi connectivity index (χ4n) is 2.31. The van der Waals surface area contributed by atoms with Gasteiger partial charge in [0.25, 0.3) is 11.7 Å². The second kappa shape index (κ2) is 6.86. The lowest BCUT2D eigenvalue weighted by molar-refractivity contribution is -0.121. The first kappa shape index (κ1) is 16.8. The Bertz CT molecular complexity index is 968. The van der Waals surface area contributed by atoms with Gasteiger partial charge in [-0.25, -0.2) is 9.50 Å². The van der Waals surface area contributed by atoms with Crippen LogP contribution in [0.4, 0.5) is 0 Å². The van der Waals surface area contributed by atoms with Gasteiger partial charge < -0.3 is 0 Å². The Morgan fingerprint density at radius 3 is 2.68 bits per heavy atom. The summed E-state index contributed by atoms with van der Waals surface area (Å²) >= 11 is 5.93. The molecule has 0 aliphatic carbocycles. The first-order chi connectivity index (χ1) is 11.9. The molecule has 1 aromatic carbocycles. The van der Waals surface area contributed by atoms with Crippen LogP contribution in [0, 0.1) is 13.8 Å². The second-order valence-electron chi connectivity index (χ2n) is 5.44. The van der Waals surface area contributed by atoms with Crippen LogP contribution in [0.1, 0.15) is 27.6 Å².